The lowest BCUT2D eigenvalue weighted by atomic mass is 9.99. The van der Waals surface area contributed by atoms with Crippen LogP contribution in [0.5, 0.6) is 0 Å². The maximum absolute atomic E-state index is 11.4. The molecular formula is C14H28N2O. The number of unbranched alkanes of at least 4 members (excludes halogenated alkanes) is 1. The monoisotopic (exact) mass is 240 g/mol. The number of rotatable bonds is 10. The van der Waals surface area contributed by atoms with Gasteiger partial charge in [-0.05, 0) is 31.7 Å². The molecule has 0 bridgehead atoms. The molecule has 3 nitrogen and oxygen atoms in total. The summed E-state index contributed by atoms with van der Waals surface area (Å²) in [5.74, 6) is 0.989. The van der Waals surface area contributed by atoms with Crippen molar-refractivity contribution in [3.05, 3.63) is 0 Å². The van der Waals surface area contributed by atoms with Crippen molar-refractivity contribution in [2.45, 2.75) is 64.8 Å². The second kappa shape index (κ2) is 8.51. The fourth-order valence-electron chi connectivity index (χ4n) is 1.98. The van der Waals surface area contributed by atoms with Crippen molar-refractivity contribution in [2.75, 3.05) is 13.1 Å². The average molecular weight is 240 g/mol. The SMILES string of the molecule is CCCCC(CC)CNCCC(=O)NC1CC1. The molecule has 17 heavy (non-hydrogen) atoms. The van der Waals surface area contributed by atoms with Gasteiger partial charge in [-0.15, -0.1) is 0 Å². The molecule has 0 radical (unpaired) electrons. The van der Waals surface area contributed by atoms with E-state index in [0.717, 1.165) is 19.0 Å². The van der Waals surface area contributed by atoms with Crippen LogP contribution in [-0.4, -0.2) is 25.0 Å². The third-order valence-corrected chi connectivity index (χ3v) is 3.45. The van der Waals surface area contributed by atoms with Crippen LogP contribution in [0.4, 0.5) is 0 Å². The fourth-order valence-corrected chi connectivity index (χ4v) is 1.98. The summed E-state index contributed by atoms with van der Waals surface area (Å²) in [5.41, 5.74) is 0. The Bertz CT molecular complexity index is 214. The smallest absolute Gasteiger partial charge is 0.221 e. The quantitative estimate of drug-likeness (QED) is 0.576. The van der Waals surface area contributed by atoms with E-state index in [0.29, 0.717) is 12.5 Å². The molecule has 1 fully saturated rings. The van der Waals surface area contributed by atoms with Crippen LogP contribution in [0, 0.1) is 5.92 Å². The minimum absolute atomic E-state index is 0.210. The first-order chi connectivity index (χ1) is 8.26. The number of carbonyl (C=O) groups is 1. The zero-order valence-electron chi connectivity index (χ0n) is 11.4. The predicted molar refractivity (Wildman–Crippen MR) is 72.0 cm³/mol. The molecule has 0 saturated heterocycles. The third-order valence-electron chi connectivity index (χ3n) is 3.45. The average Bonchev–Trinajstić information content (AvgIpc) is 3.12. The highest BCUT2D eigenvalue weighted by Crippen LogP contribution is 2.18. The maximum atomic E-state index is 11.4. The van der Waals surface area contributed by atoms with Gasteiger partial charge in [-0.25, -0.2) is 0 Å². The van der Waals surface area contributed by atoms with Crippen molar-refractivity contribution in [2.24, 2.45) is 5.92 Å². The van der Waals surface area contributed by atoms with Crippen LogP contribution in [-0.2, 0) is 4.79 Å². The summed E-state index contributed by atoms with van der Waals surface area (Å²) in [6.45, 7) is 6.37. The van der Waals surface area contributed by atoms with Gasteiger partial charge in [0, 0.05) is 19.0 Å². The van der Waals surface area contributed by atoms with E-state index >= 15 is 0 Å². The van der Waals surface area contributed by atoms with E-state index in [9.17, 15) is 4.79 Å². The number of carbonyl (C=O) groups excluding carboxylic acids is 1. The van der Waals surface area contributed by atoms with Gasteiger partial charge in [0.2, 0.25) is 5.91 Å². The van der Waals surface area contributed by atoms with Crippen LogP contribution in [0.25, 0.3) is 0 Å². The van der Waals surface area contributed by atoms with Crippen molar-refractivity contribution in [3.8, 4) is 0 Å². The van der Waals surface area contributed by atoms with Gasteiger partial charge in [-0.3, -0.25) is 4.79 Å². The molecule has 1 unspecified atom stereocenters. The second-order valence-electron chi connectivity index (χ2n) is 5.21. The zero-order valence-corrected chi connectivity index (χ0v) is 11.4. The van der Waals surface area contributed by atoms with E-state index in [1.54, 1.807) is 0 Å². The molecule has 2 N–H and O–H groups in total. The van der Waals surface area contributed by atoms with Gasteiger partial charge in [0.25, 0.3) is 0 Å². The Morgan fingerprint density at radius 1 is 1.35 bits per heavy atom. The van der Waals surface area contributed by atoms with E-state index in [2.05, 4.69) is 24.5 Å². The van der Waals surface area contributed by atoms with Gasteiger partial charge < -0.3 is 10.6 Å². The van der Waals surface area contributed by atoms with E-state index in [1.165, 1.54) is 38.5 Å². The van der Waals surface area contributed by atoms with Gasteiger partial charge in [0.1, 0.15) is 0 Å². The Hall–Kier alpha value is -0.570. The normalized spacial score (nSPS) is 16.8. The Morgan fingerprint density at radius 3 is 2.71 bits per heavy atom. The van der Waals surface area contributed by atoms with Crippen molar-refractivity contribution in [1.29, 1.82) is 0 Å². The molecule has 1 aliphatic carbocycles. The first-order valence-corrected chi connectivity index (χ1v) is 7.26. The zero-order chi connectivity index (χ0) is 12.5. The molecule has 0 aromatic carbocycles. The number of amides is 1. The summed E-state index contributed by atoms with van der Waals surface area (Å²) in [5, 5.41) is 6.42. The van der Waals surface area contributed by atoms with Crippen molar-refractivity contribution in [3.63, 3.8) is 0 Å². The fraction of sp³-hybridized carbons (Fsp3) is 0.929. The molecule has 0 aromatic rings. The number of hydrogen-bond acceptors (Lipinski definition) is 2. The first-order valence-electron chi connectivity index (χ1n) is 7.26. The standard InChI is InChI=1S/C14H28N2O/c1-3-5-6-12(4-2)11-15-10-9-14(17)16-13-7-8-13/h12-13,15H,3-11H2,1-2H3,(H,16,17). The molecule has 1 saturated carbocycles. The van der Waals surface area contributed by atoms with Crippen LogP contribution in [0.1, 0.15) is 58.8 Å². The van der Waals surface area contributed by atoms with Gasteiger partial charge in [-0.1, -0.05) is 33.1 Å². The molecule has 0 aromatic heterocycles. The summed E-state index contributed by atoms with van der Waals surface area (Å²) in [6.07, 6.45) is 8.13. The highest BCUT2D eigenvalue weighted by atomic mass is 16.1. The third kappa shape index (κ3) is 7.37. The molecule has 1 amide bonds. The van der Waals surface area contributed by atoms with E-state index in [1.807, 2.05) is 0 Å². The van der Waals surface area contributed by atoms with Crippen LogP contribution in [0.15, 0.2) is 0 Å². The lowest BCUT2D eigenvalue weighted by molar-refractivity contribution is -0.121. The molecule has 1 rings (SSSR count). The minimum atomic E-state index is 0.210. The Kier molecular flexibility index (Phi) is 7.25. The Balaban J connectivity index is 1.95. The molecule has 1 aliphatic rings. The predicted octanol–water partition coefficient (Wildman–Crippen LogP) is 2.46. The highest BCUT2D eigenvalue weighted by Gasteiger charge is 2.22. The van der Waals surface area contributed by atoms with Crippen LogP contribution >= 0.6 is 0 Å². The van der Waals surface area contributed by atoms with Crippen molar-refractivity contribution in [1.82, 2.24) is 10.6 Å². The summed E-state index contributed by atoms with van der Waals surface area (Å²) in [4.78, 5) is 11.4. The lowest BCUT2D eigenvalue weighted by Crippen LogP contribution is -2.31. The molecule has 3 heteroatoms. The topological polar surface area (TPSA) is 41.1 Å². The Morgan fingerprint density at radius 2 is 2.12 bits per heavy atom. The molecule has 0 heterocycles. The molecule has 0 spiro atoms. The first kappa shape index (κ1) is 14.5. The minimum Gasteiger partial charge on any atom is -0.353 e. The van der Waals surface area contributed by atoms with E-state index in [4.69, 9.17) is 0 Å². The summed E-state index contributed by atoms with van der Waals surface area (Å²) >= 11 is 0. The van der Waals surface area contributed by atoms with Crippen molar-refractivity contribution >= 4 is 5.91 Å². The lowest BCUT2D eigenvalue weighted by Gasteiger charge is -2.15. The van der Waals surface area contributed by atoms with Crippen LogP contribution in [0.2, 0.25) is 0 Å². The Labute approximate surface area is 106 Å². The van der Waals surface area contributed by atoms with Gasteiger partial charge in [-0.2, -0.15) is 0 Å². The van der Waals surface area contributed by atoms with Crippen molar-refractivity contribution < 1.29 is 4.79 Å². The van der Waals surface area contributed by atoms with Gasteiger partial charge >= 0.3 is 0 Å². The van der Waals surface area contributed by atoms with E-state index < -0.39 is 0 Å². The molecular weight excluding hydrogens is 212 g/mol. The number of nitrogens with one attached hydrogen (secondary N) is 2. The van der Waals surface area contributed by atoms with E-state index in [-0.39, 0.29) is 5.91 Å². The van der Waals surface area contributed by atoms with Crippen LogP contribution in [0.3, 0.4) is 0 Å². The summed E-state index contributed by atoms with van der Waals surface area (Å²) < 4.78 is 0. The molecule has 0 aliphatic heterocycles. The van der Waals surface area contributed by atoms with Gasteiger partial charge in [0.05, 0.1) is 0 Å². The number of hydrogen-bond donors (Lipinski definition) is 2. The second-order valence-corrected chi connectivity index (χ2v) is 5.21. The van der Waals surface area contributed by atoms with Crippen LogP contribution < -0.4 is 10.6 Å². The maximum Gasteiger partial charge on any atom is 0.221 e. The molecule has 1 atom stereocenters. The largest absolute Gasteiger partial charge is 0.353 e. The summed E-state index contributed by atoms with van der Waals surface area (Å²) in [7, 11) is 0. The summed E-state index contributed by atoms with van der Waals surface area (Å²) in [6, 6.07) is 0.496. The van der Waals surface area contributed by atoms with Gasteiger partial charge in [0.15, 0.2) is 0 Å². The highest BCUT2D eigenvalue weighted by molar-refractivity contribution is 5.76. The molecule has 100 valence electrons.